The zero-order valence-electron chi connectivity index (χ0n) is 16.6. The Morgan fingerprint density at radius 3 is 2.54 bits per heavy atom. The number of likely N-dealkylation sites (N-methyl/N-ethyl adjacent to an activating group) is 1. The van der Waals surface area contributed by atoms with Crippen LogP contribution in [-0.2, 0) is 22.6 Å². The lowest BCUT2D eigenvalue weighted by atomic mass is 10.1. The molecule has 2 aromatic carbocycles. The van der Waals surface area contributed by atoms with Gasteiger partial charge in [-0.25, -0.2) is 4.39 Å². The summed E-state index contributed by atoms with van der Waals surface area (Å²) in [6, 6.07) is 12.9. The van der Waals surface area contributed by atoms with Crippen LogP contribution in [0.4, 0.5) is 4.39 Å². The number of amides is 2. The lowest BCUT2D eigenvalue weighted by Gasteiger charge is -2.30. The highest BCUT2D eigenvalue weighted by Crippen LogP contribution is 2.19. The molecule has 28 heavy (non-hydrogen) atoms. The van der Waals surface area contributed by atoms with Crippen LogP contribution in [-0.4, -0.2) is 36.4 Å². The third-order valence-electron chi connectivity index (χ3n) is 4.52. The van der Waals surface area contributed by atoms with Crippen LogP contribution in [0.1, 0.15) is 31.4 Å². The van der Waals surface area contributed by atoms with E-state index in [-0.39, 0.29) is 24.8 Å². The average Bonchev–Trinajstić information content (AvgIpc) is 2.70. The van der Waals surface area contributed by atoms with Crippen molar-refractivity contribution in [2.24, 2.45) is 0 Å². The summed E-state index contributed by atoms with van der Waals surface area (Å²) < 4.78 is 19.3. The SMILES string of the molecule is CCNC(=O)C(CC)N(Cc1cccc(OC)c1)C(=O)Cc1ccccc1F. The van der Waals surface area contributed by atoms with Crippen molar-refractivity contribution in [1.29, 1.82) is 0 Å². The third kappa shape index (κ3) is 5.55. The molecule has 0 heterocycles. The first-order chi connectivity index (χ1) is 13.5. The van der Waals surface area contributed by atoms with E-state index in [1.54, 1.807) is 25.3 Å². The van der Waals surface area contributed by atoms with Crippen molar-refractivity contribution in [3.63, 3.8) is 0 Å². The van der Waals surface area contributed by atoms with Crippen LogP contribution < -0.4 is 10.1 Å². The molecule has 0 bridgehead atoms. The van der Waals surface area contributed by atoms with Crippen LogP contribution >= 0.6 is 0 Å². The second kappa shape index (κ2) is 10.4. The van der Waals surface area contributed by atoms with Gasteiger partial charge in [-0.3, -0.25) is 9.59 Å². The fourth-order valence-corrected chi connectivity index (χ4v) is 3.09. The van der Waals surface area contributed by atoms with Crippen molar-refractivity contribution in [3.8, 4) is 5.75 Å². The number of hydrogen-bond acceptors (Lipinski definition) is 3. The van der Waals surface area contributed by atoms with Crippen molar-refractivity contribution in [3.05, 3.63) is 65.5 Å². The predicted octanol–water partition coefficient (Wildman–Crippen LogP) is 3.32. The van der Waals surface area contributed by atoms with Crippen molar-refractivity contribution >= 4 is 11.8 Å². The summed E-state index contributed by atoms with van der Waals surface area (Å²) in [5, 5.41) is 2.78. The zero-order valence-corrected chi connectivity index (χ0v) is 16.6. The molecular formula is C22H27FN2O3. The Morgan fingerprint density at radius 1 is 1.14 bits per heavy atom. The Balaban J connectivity index is 2.32. The molecule has 0 aliphatic heterocycles. The molecule has 2 amide bonds. The monoisotopic (exact) mass is 386 g/mol. The van der Waals surface area contributed by atoms with Crippen molar-refractivity contribution < 1.29 is 18.7 Å². The molecule has 0 saturated carbocycles. The first-order valence-corrected chi connectivity index (χ1v) is 9.43. The number of rotatable bonds is 9. The van der Waals surface area contributed by atoms with E-state index < -0.39 is 11.9 Å². The molecule has 0 aromatic heterocycles. The topological polar surface area (TPSA) is 58.6 Å². The van der Waals surface area contributed by atoms with E-state index in [4.69, 9.17) is 4.74 Å². The first kappa shape index (κ1) is 21.4. The Hall–Kier alpha value is -2.89. The largest absolute Gasteiger partial charge is 0.497 e. The van der Waals surface area contributed by atoms with Gasteiger partial charge in [0.2, 0.25) is 11.8 Å². The molecule has 1 N–H and O–H groups in total. The highest BCUT2D eigenvalue weighted by atomic mass is 19.1. The molecule has 0 radical (unpaired) electrons. The van der Waals surface area contributed by atoms with Gasteiger partial charge in [-0.1, -0.05) is 37.3 Å². The van der Waals surface area contributed by atoms with E-state index in [2.05, 4.69) is 5.32 Å². The lowest BCUT2D eigenvalue weighted by molar-refractivity contribution is -0.140. The molecule has 1 atom stereocenters. The van der Waals surface area contributed by atoms with Crippen LogP contribution in [0.5, 0.6) is 5.75 Å². The number of benzene rings is 2. The van der Waals surface area contributed by atoms with Gasteiger partial charge in [0.1, 0.15) is 17.6 Å². The molecular weight excluding hydrogens is 359 g/mol. The minimum absolute atomic E-state index is 0.105. The summed E-state index contributed by atoms with van der Waals surface area (Å²) in [5.41, 5.74) is 1.15. The van der Waals surface area contributed by atoms with Crippen LogP contribution in [0.2, 0.25) is 0 Å². The number of nitrogens with zero attached hydrogens (tertiary/aromatic N) is 1. The Bertz CT molecular complexity index is 810. The number of carbonyl (C=O) groups excluding carboxylic acids is 2. The van der Waals surface area contributed by atoms with Crippen molar-refractivity contribution in [2.45, 2.75) is 39.3 Å². The smallest absolute Gasteiger partial charge is 0.242 e. The van der Waals surface area contributed by atoms with Crippen LogP contribution in [0.25, 0.3) is 0 Å². The summed E-state index contributed by atoms with van der Waals surface area (Å²) in [4.78, 5) is 27.1. The maximum atomic E-state index is 14.0. The van der Waals surface area contributed by atoms with Crippen LogP contribution in [0.15, 0.2) is 48.5 Å². The van der Waals surface area contributed by atoms with Crippen LogP contribution in [0.3, 0.4) is 0 Å². The number of carbonyl (C=O) groups is 2. The van der Waals surface area contributed by atoms with Gasteiger partial charge >= 0.3 is 0 Å². The number of methoxy groups -OCH3 is 1. The molecule has 1 unspecified atom stereocenters. The van der Waals surface area contributed by atoms with Gasteiger partial charge < -0.3 is 15.0 Å². The van der Waals surface area contributed by atoms with Gasteiger partial charge in [-0.05, 0) is 42.7 Å². The molecule has 6 heteroatoms. The Labute approximate surface area is 165 Å². The standard InChI is InChI=1S/C22H27FN2O3/c1-4-20(22(27)24-5-2)25(15-16-9-8-11-18(13-16)28-3)21(26)14-17-10-6-7-12-19(17)23/h6-13,20H,4-5,14-15H2,1-3H3,(H,24,27). The van der Waals surface area contributed by atoms with E-state index >= 15 is 0 Å². The molecule has 150 valence electrons. The van der Waals surface area contributed by atoms with E-state index in [1.165, 1.54) is 11.0 Å². The second-order valence-electron chi connectivity index (χ2n) is 6.46. The van der Waals surface area contributed by atoms with Gasteiger partial charge in [0.15, 0.2) is 0 Å². The van der Waals surface area contributed by atoms with Gasteiger partial charge in [-0.2, -0.15) is 0 Å². The molecule has 0 fully saturated rings. The van der Waals surface area contributed by atoms with Gasteiger partial charge in [0.25, 0.3) is 0 Å². The van der Waals surface area contributed by atoms with Gasteiger partial charge in [0.05, 0.1) is 13.5 Å². The summed E-state index contributed by atoms with van der Waals surface area (Å²) >= 11 is 0. The number of hydrogen-bond donors (Lipinski definition) is 1. The molecule has 0 aliphatic carbocycles. The second-order valence-corrected chi connectivity index (χ2v) is 6.46. The normalized spacial score (nSPS) is 11.6. The third-order valence-corrected chi connectivity index (χ3v) is 4.52. The Morgan fingerprint density at radius 2 is 1.89 bits per heavy atom. The van der Waals surface area contributed by atoms with Gasteiger partial charge in [0, 0.05) is 13.1 Å². The van der Waals surface area contributed by atoms with Crippen molar-refractivity contribution in [2.75, 3.05) is 13.7 Å². The van der Waals surface area contributed by atoms with E-state index in [1.807, 2.05) is 38.1 Å². The van der Waals surface area contributed by atoms with E-state index in [0.717, 1.165) is 5.56 Å². The fraction of sp³-hybridized carbons (Fsp3) is 0.364. The summed E-state index contributed by atoms with van der Waals surface area (Å²) in [6.07, 6.45) is 0.353. The van der Waals surface area contributed by atoms with Gasteiger partial charge in [-0.15, -0.1) is 0 Å². The quantitative estimate of drug-likeness (QED) is 0.719. The van der Waals surface area contributed by atoms with E-state index in [9.17, 15) is 14.0 Å². The number of halogens is 1. The molecule has 2 rings (SSSR count). The molecule has 0 aliphatic rings. The molecule has 2 aromatic rings. The minimum Gasteiger partial charge on any atom is -0.497 e. The number of nitrogens with one attached hydrogen (secondary N) is 1. The molecule has 0 spiro atoms. The lowest BCUT2D eigenvalue weighted by Crippen LogP contribution is -2.49. The van der Waals surface area contributed by atoms with Crippen LogP contribution in [0, 0.1) is 5.82 Å². The Kier molecular flexibility index (Phi) is 7.99. The fourth-order valence-electron chi connectivity index (χ4n) is 3.09. The predicted molar refractivity (Wildman–Crippen MR) is 106 cm³/mol. The molecule has 5 nitrogen and oxygen atoms in total. The zero-order chi connectivity index (χ0) is 20.5. The van der Waals surface area contributed by atoms with Crippen molar-refractivity contribution in [1.82, 2.24) is 10.2 Å². The summed E-state index contributed by atoms with van der Waals surface area (Å²) in [7, 11) is 1.57. The van der Waals surface area contributed by atoms with E-state index in [0.29, 0.717) is 24.3 Å². The maximum Gasteiger partial charge on any atom is 0.242 e. The minimum atomic E-state index is -0.634. The first-order valence-electron chi connectivity index (χ1n) is 9.43. The summed E-state index contributed by atoms with van der Waals surface area (Å²) in [5.74, 6) is -0.269. The highest BCUT2D eigenvalue weighted by molar-refractivity contribution is 5.88. The highest BCUT2D eigenvalue weighted by Gasteiger charge is 2.28. The average molecular weight is 386 g/mol. The molecule has 0 saturated heterocycles. The maximum absolute atomic E-state index is 14.0. The number of ether oxygens (including phenoxy) is 1. The summed E-state index contributed by atoms with van der Waals surface area (Å²) in [6.45, 7) is 4.40.